The fourth-order valence-corrected chi connectivity index (χ4v) is 1.61. The Morgan fingerprint density at radius 2 is 2.00 bits per heavy atom. The first-order valence-corrected chi connectivity index (χ1v) is 6.35. The van der Waals surface area contributed by atoms with Crippen LogP contribution in [-0.4, -0.2) is 17.0 Å². The summed E-state index contributed by atoms with van der Waals surface area (Å²) >= 11 is 0. The Morgan fingerprint density at radius 1 is 1.24 bits per heavy atom. The molecule has 1 amide bonds. The third kappa shape index (κ3) is 3.98. The van der Waals surface area contributed by atoms with Crippen LogP contribution in [0.5, 0.6) is 5.88 Å². The van der Waals surface area contributed by atoms with Crippen molar-refractivity contribution >= 4 is 11.6 Å². The van der Waals surface area contributed by atoms with Crippen molar-refractivity contribution in [2.75, 3.05) is 5.32 Å². The zero-order valence-electron chi connectivity index (χ0n) is 11.6. The maximum atomic E-state index is 13.4. The van der Waals surface area contributed by atoms with Crippen molar-refractivity contribution in [3.63, 3.8) is 0 Å². The maximum Gasteiger partial charge on any atom is 0.257 e. The van der Waals surface area contributed by atoms with Gasteiger partial charge in [-0.2, -0.15) is 0 Å². The molecular weight excluding hydrogens is 278 g/mol. The molecule has 0 aliphatic heterocycles. The molecule has 1 heterocycles. The second-order valence-corrected chi connectivity index (χ2v) is 4.63. The molecule has 0 aliphatic rings. The summed E-state index contributed by atoms with van der Waals surface area (Å²) in [6, 6.07) is 5.99. The van der Waals surface area contributed by atoms with E-state index >= 15 is 0 Å². The van der Waals surface area contributed by atoms with Crippen LogP contribution in [0.3, 0.4) is 0 Å². The predicted octanol–water partition coefficient (Wildman–Crippen LogP) is 3.40. The molecule has 1 N–H and O–H groups in total. The summed E-state index contributed by atoms with van der Waals surface area (Å²) in [4.78, 5) is 15.9. The number of ether oxygens (including phenoxy) is 1. The fraction of sp³-hybridized carbons (Fsp3) is 0.200. The highest BCUT2D eigenvalue weighted by atomic mass is 19.1. The molecule has 1 aromatic carbocycles. The first-order chi connectivity index (χ1) is 9.95. The number of carbonyl (C=O) groups excluding carboxylic acids is 1. The highest BCUT2D eigenvalue weighted by Gasteiger charge is 2.11. The quantitative estimate of drug-likeness (QED) is 0.939. The zero-order valence-corrected chi connectivity index (χ0v) is 11.6. The van der Waals surface area contributed by atoms with E-state index in [9.17, 15) is 13.6 Å². The average Bonchev–Trinajstić information content (AvgIpc) is 2.42. The number of rotatable bonds is 4. The minimum Gasteiger partial charge on any atom is -0.475 e. The first-order valence-electron chi connectivity index (χ1n) is 6.35. The van der Waals surface area contributed by atoms with Gasteiger partial charge < -0.3 is 10.1 Å². The van der Waals surface area contributed by atoms with Gasteiger partial charge in [0.1, 0.15) is 11.6 Å². The first kappa shape index (κ1) is 14.9. The molecule has 0 radical (unpaired) electrons. The van der Waals surface area contributed by atoms with E-state index in [0.29, 0.717) is 11.9 Å². The molecule has 0 saturated carbocycles. The van der Waals surface area contributed by atoms with E-state index in [-0.39, 0.29) is 17.4 Å². The van der Waals surface area contributed by atoms with Gasteiger partial charge in [0.05, 0.1) is 17.4 Å². The fourth-order valence-electron chi connectivity index (χ4n) is 1.61. The third-order valence-corrected chi connectivity index (χ3v) is 2.53. The largest absolute Gasteiger partial charge is 0.475 e. The summed E-state index contributed by atoms with van der Waals surface area (Å²) in [5, 5.41) is 2.35. The molecule has 0 aliphatic carbocycles. The van der Waals surface area contributed by atoms with E-state index in [2.05, 4.69) is 10.3 Å². The Bertz CT molecular complexity index is 643. The lowest BCUT2D eigenvalue weighted by atomic mass is 10.2. The molecule has 21 heavy (non-hydrogen) atoms. The van der Waals surface area contributed by atoms with Gasteiger partial charge in [-0.15, -0.1) is 0 Å². The van der Waals surface area contributed by atoms with Crippen molar-refractivity contribution in [1.29, 1.82) is 0 Å². The van der Waals surface area contributed by atoms with Crippen LogP contribution in [0.25, 0.3) is 0 Å². The molecule has 0 bridgehead atoms. The van der Waals surface area contributed by atoms with Crippen LogP contribution in [0.4, 0.5) is 14.5 Å². The van der Waals surface area contributed by atoms with E-state index in [4.69, 9.17) is 4.74 Å². The lowest BCUT2D eigenvalue weighted by Gasteiger charge is -2.09. The smallest absolute Gasteiger partial charge is 0.257 e. The normalized spacial score (nSPS) is 10.5. The van der Waals surface area contributed by atoms with E-state index in [0.717, 1.165) is 12.1 Å². The number of nitrogens with zero attached hydrogens (tertiary/aromatic N) is 1. The van der Waals surface area contributed by atoms with Gasteiger partial charge in [-0.1, -0.05) is 0 Å². The minimum absolute atomic E-state index is 0.0227. The standard InChI is InChI=1S/C15H14F2N2O2/c1-9(2)21-14-6-3-10(8-18-14)15(20)19-13-5-4-11(16)7-12(13)17/h3-9H,1-2H3,(H,19,20). The number of amides is 1. The molecule has 0 unspecified atom stereocenters. The van der Waals surface area contributed by atoms with Gasteiger partial charge >= 0.3 is 0 Å². The molecule has 110 valence electrons. The molecule has 0 atom stereocenters. The molecule has 2 aromatic rings. The Balaban J connectivity index is 2.09. The molecule has 2 rings (SSSR count). The van der Waals surface area contributed by atoms with Gasteiger partial charge in [0.15, 0.2) is 0 Å². The van der Waals surface area contributed by atoms with Gasteiger partial charge in [-0.3, -0.25) is 4.79 Å². The lowest BCUT2D eigenvalue weighted by molar-refractivity contribution is 0.102. The van der Waals surface area contributed by atoms with Crippen molar-refractivity contribution in [1.82, 2.24) is 4.98 Å². The number of hydrogen-bond acceptors (Lipinski definition) is 3. The maximum absolute atomic E-state index is 13.4. The SMILES string of the molecule is CC(C)Oc1ccc(C(=O)Nc2ccc(F)cc2F)cn1. The molecule has 4 nitrogen and oxygen atoms in total. The molecule has 0 spiro atoms. The Hall–Kier alpha value is -2.50. The number of anilines is 1. The van der Waals surface area contributed by atoms with Gasteiger partial charge in [0.2, 0.25) is 5.88 Å². The van der Waals surface area contributed by atoms with E-state index in [1.165, 1.54) is 12.3 Å². The molecule has 0 saturated heterocycles. The molecule has 0 fully saturated rings. The van der Waals surface area contributed by atoms with Gasteiger partial charge in [-0.05, 0) is 32.0 Å². The summed E-state index contributed by atoms with van der Waals surface area (Å²) < 4.78 is 31.6. The number of nitrogens with one attached hydrogen (secondary N) is 1. The van der Waals surface area contributed by atoms with Crippen LogP contribution in [0.15, 0.2) is 36.5 Å². The Kier molecular flexibility index (Phi) is 4.47. The monoisotopic (exact) mass is 292 g/mol. The van der Waals surface area contributed by atoms with Crippen molar-refractivity contribution in [2.45, 2.75) is 20.0 Å². The summed E-state index contributed by atoms with van der Waals surface area (Å²) in [7, 11) is 0. The summed E-state index contributed by atoms with van der Waals surface area (Å²) in [5.74, 6) is -1.68. The second-order valence-electron chi connectivity index (χ2n) is 4.63. The van der Waals surface area contributed by atoms with Crippen LogP contribution >= 0.6 is 0 Å². The molecule has 6 heteroatoms. The third-order valence-electron chi connectivity index (χ3n) is 2.53. The van der Waals surface area contributed by atoms with E-state index < -0.39 is 17.5 Å². The molecular formula is C15H14F2N2O2. The summed E-state index contributed by atoms with van der Waals surface area (Å²) in [5.41, 5.74) is 0.152. The number of halogens is 2. The Morgan fingerprint density at radius 3 is 2.57 bits per heavy atom. The van der Waals surface area contributed by atoms with Crippen LogP contribution in [0, 0.1) is 11.6 Å². The number of hydrogen-bond donors (Lipinski definition) is 1. The number of aromatic nitrogens is 1. The zero-order chi connectivity index (χ0) is 15.4. The number of pyridine rings is 1. The highest BCUT2D eigenvalue weighted by molar-refractivity contribution is 6.04. The second kappa shape index (κ2) is 6.30. The van der Waals surface area contributed by atoms with E-state index in [1.54, 1.807) is 6.07 Å². The predicted molar refractivity (Wildman–Crippen MR) is 74.3 cm³/mol. The van der Waals surface area contributed by atoms with Crippen LogP contribution in [0.2, 0.25) is 0 Å². The van der Waals surface area contributed by atoms with Crippen LogP contribution < -0.4 is 10.1 Å². The minimum atomic E-state index is -0.837. The van der Waals surface area contributed by atoms with Crippen molar-refractivity contribution in [2.24, 2.45) is 0 Å². The van der Waals surface area contributed by atoms with Crippen molar-refractivity contribution in [3.05, 3.63) is 53.7 Å². The van der Waals surface area contributed by atoms with Gasteiger partial charge in [0.25, 0.3) is 5.91 Å². The van der Waals surface area contributed by atoms with Gasteiger partial charge in [0, 0.05) is 18.3 Å². The molecule has 1 aromatic heterocycles. The lowest BCUT2D eigenvalue weighted by Crippen LogP contribution is -2.14. The van der Waals surface area contributed by atoms with Gasteiger partial charge in [-0.25, -0.2) is 13.8 Å². The summed E-state index contributed by atoms with van der Waals surface area (Å²) in [6.45, 7) is 3.72. The van der Waals surface area contributed by atoms with Crippen LogP contribution in [-0.2, 0) is 0 Å². The average molecular weight is 292 g/mol. The number of carbonyl (C=O) groups is 1. The Labute approximate surface area is 120 Å². The van der Waals surface area contributed by atoms with Crippen molar-refractivity contribution in [3.8, 4) is 5.88 Å². The van der Waals surface area contributed by atoms with Crippen molar-refractivity contribution < 1.29 is 18.3 Å². The van der Waals surface area contributed by atoms with Crippen LogP contribution in [0.1, 0.15) is 24.2 Å². The topological polar surface area (TPSA) is 51.2 Å². The number of benzene rings is 1. The van der Waals surface area contributed by atoms with E-state index in [1.807, 2.05) is 13.8 Å². The summed E-state index contributed by atoms with van der Waals surface area (Å²) in [6.07, 6.45) is 1.31. The highest BCUT2D eigenvalue weighted by Crippen LogP contribution is 2.16.